The van der Waals surface area contributed by atoms with Crippen molar-refractivity contribution in [3.8, 4) is 11.8 Å². The summed E-state index contributed by atoms with van der Waals surface area (Å²) in [4.78, 5) is 0. The molecular weight excluding hydrogens is 112 g/mol. The Balaban J connectivity index is 3.50. The standard InChI is InChI=1S/C8H13O/c1-4-5-6-7-8(2,3)9/h9H,1,4,7H2,2-3H3. The fourth-order valence-electron chi connectivity index (χ4n) is 0.367. The van der Waals surface area contributed by atoms with Crippen LogP contribution in [-0.2, 0) is 0 Å². The maximum absolute atomic E-state index is 9.12. The van der Waals surface area contributed by atoms with Crippen LogP contribution in [0.15, 0.2) is 0 Å². The van der Waals surface area contributed by atoms with Gasteiger partial charge in [0.15, 0.2) is 0 Å². The summed E-state index contributed by atoms with van der Waals surface area (Å²) in [6.45, 7) is 7.03. The Hall–Kier alpha value is -0.480. The molecule has 1 heteroatoms. The molecule has 0 saturated heterocycles. The molecule has 0 atom stereocenters. The fraction of sp³-hybridized carbons (Fsp3) is 0.625. The fourth-order valence-corrected chi connectivity index (χ4v) is 0.367. The molecule has 0 unspecified atom stereocenters. The normalized spacial score (nSPS) is 10.2. The van der Waals surface area contributed by atoms with Gasteiger partial charge in [0.2, 0.25) is 0 Å². The highest BCUT2D eigenvalue weighted by Crippen LogP contribution is 2.04. The van der Waals surface area contributed by atoms with Crippen molar-refractivity contribution >= 4 is 0 Å². The van der Waals surface area contributed by atoms with E-state index in [0.717, 1.165) is 0 Å². The lowest BCUT2D eigenvalue weighted by Gasteiger charge is -2.11. The third kappa shape index (κ3) is 7.52. The van der Waals surface area contributed by atoms with E-state index < -0.39 is 5.60 Å². The Kier molecular flexibility index (Phi) is 3.34. The van der Waals surface area contributed by atoms with E-state index in [0.29, 0.717) is 12.8 Å². The van der Waals surface area contributed by atoms with Gasteiger partial charge in [-0.25, -0.2) is 0 Å². The molecule has 0 aromatic carbocycles. The first-order chi connectivity index (χ1) is 4.06. The van der Waals surface area contributed by atoms with Gasteiger partial charge in [-0.05, 0) is 20.8 Å². The molecule has 0 rings (SSSR count). The molecular formula is C8H13O. The minimum atomic E-state index is -0.651. The van der Waals surface area contributed by atoms with E-state index in [9.17, 15) is 0 Å². The van der Waals surface area contributed by atoms with Gasteiger partial charge in [0.25, 0.3) is 0 Å². The van der Waals surface area contributed by atoms with Gasteiger partial charge in [0.05, 0.1) is 5.60 Å². The minimum Gasteiger partial charge on any atom is -0.389 e. The van der Waals surface area contributed by atoms with Crippen molar-refractivity contribution in [1.29, 1.82) is 0 Å². The molecule has 1 radical (unpaired) electrons. The van der Waals surface area contributed by atoms with E-state index in [1.807, 2.05) is 0 Å². The quantitative estimate of drug-likeness (QED) is 0.525. The summed E-state index contributed by atoms with van der Waals surface area (Å²) in [5.74, 6) is 5.60. The van der Waals surface area contributed by atoms with E-state index >= 15 is 0 Å². The first-order valence-electron chi connectivity index (χ1n) is 3.03. The van der Waals surface area contributed by atoms with Gasteiger partial charge in [-0.2, -0.15) is 0 Å². The first-order valence-corrected chi connectivity index (χ1v) is 3.03. The maximum Gasteiger partial charge on any atom is 0.0700 e. The van der Waals surface area contributed by atoms with Crippen LogP contribution in [0.4, 0.5) is 0 Å². The Morgan fingerprint density at radius 1 is 1.44 bits per heavy atom. The highest BCUT2D eigenvalue weighted by molar-refractivity contribution is 5.02. The molecule has 0 aromatic rings. The van der Waals surface area contributed by atoms with Crippen LogP contribution in [0.2, 0.25) is 0 Å². The van der Waals surface area contributed by atoms with Crippen molar-refractivity contribution in [3.05, 3.63) is 6.92 Å². The Morgan fingerprint density at radius 3 is 2.33 bits per heavy atom. The van der Waals surface area contributed by atoms with E-state index in [-0.39, 0.29) is 0 Å². The lowest BCUT2D eigenvalue weighted by atomic mass is 10.1. The predicted octanol–water partition coefficient (Wildman–Crippen LogP) is 1.37. The van der Waals surface area contributed by atoms with Crippen LogP contribution < -0.4 is 0 Å². The Labute approximate surface area is 57.1 Å². The van der Waals surface area contributed by atoms with Gasteiger partial charge in [-0.3, -0.25) is 0 Å². The number of hydrogen-bond donors (Lipinski definition) is 1. The molecule has 0 fully saturated rings. The summed E-state index contributed by atoms with van der Waals surface area (Å²) < 4.78 is 0. The molecule has 1 N–H and O–H groups in total. The molecule has 0 saturated carbocycles. The molecule has 0 heterocycles. The lowest BCUT2D eigenvalue weighted by Crippen LogP contribution is -2.16. The smallest absolute Gasteiger partial charge is 0.0700 e. The summed E-state index contributed by atoms with van der Waals surface area (Å²) in [5, 5.41) is 9.12. The van der Waals surface area contributed by atoms with Crippen molar-refractivity contribution in [2.75, 3.05) is 0 Å². The summed E-state index contributed by atoms with van der Waals surface area (Å²) >= 11 is 0. The molecule has 0 amide bonds. The monoisotopic (exact) mass is 125 g/mol. The zero-order chi connectivity index (χ0) is 7.33. The van der Waals surface area contributed by atoms with Crippen LogP contribution in [-0.4, -0.2) is 10.7 Å². The van der Waals surface area contributed by atoms with Crippen LogP contribution in [0.3, 0.4) is 0 Å². The molecule has 0 spiro atoms. The summed E-state index contributed by atoms with van der Waals surface area (Å²) in [6, 6.07) is 0. The summed E-state index contributed by atoms with van der Waals surface area (Å²) in [5.41, 5.74) is -0.651. The molecule has 0 aromatic heterocycles. The van der Waals surface area contributed by atoms with Gasteiger partial charge in [0, 0.05) is 12.8 Å². The van der Waals surface area contributed by atoms with E-state index in [1.54, 1.807) is 13.8 Å². The van der Waals surface area contributed by atoms with Crippen molar-refractivity contribution in [1.82, 2.24) is 0 Å². The van der Waals surface area contributed by atoms with E-state index in [1.165, 1.54) is 0 Å². The van der Waals surface area contributed by atoms with Crippen molar-refractivity contribution in [3.63, 3.8) is 0 Å². The van der Waals surface area contributed by atoms with Crippen LogP contribution >= 0.6 is 0 Å². The first kappa shape index (κ1) is 8.52. The molecule has 0 bridgehead atoms. The second-order valence-electron chi connectivity index (χ2n) is 2.59. The highest BCUT2D eigenvalue weighted by atomic mass is 16.3. The third-order valence-corrected chi connectivity index (χ3v) is 0.771. The second-order valence-corrected chi connectivity index (χ2v) is 2.59. The van der Waals surface area contributed by atoms with Crippen LogP contribution in [0, 0.1) is 18.8 Å². The molecule has 0 aliphatic heterocycles. The molecule has 9 heavy (non-hydrogen) atoms. The van der Waals surface area contributed by atoms with E-state index in [2.05, 4.69) is 18.8 Å². The SMILES string of the molecule is [CH2]CC#CCC(C)(C)O. The largest absolute Gasteiger partial charge is 0.389 e. The topological polar surface area (TPSA) is 20.2 Å². The van der Waals surface area contributed by atoms with Gasteiger partial charge in [-0.1, -0.05) is 0 Å². The minimum absolute atomic E-state index is 0.530. The van der Waals surface area contributed by atoms with Crippen molar-refractivity contribution in [2.45, 2.75) is 32.3 Å². The zero-order valence-corrected chi connectivity index (χ0v) is 6.07. The van der Waals surface area contributed by atoms with Crippen LogP contribution in [0.5, 0.6) is 0 Å². The van der Waals surface area contributed by atoms with Crippen molar-refractivity contribution in [2.24, 2.45) is 0 Å². The lowest BCUT2D eigenvalue weighted by molar-refractivity contribution is 0.0862. The van der Waals surface area contributed by atoms with Gasteiger partial charge < -0.3 is 5.11 Å². The molecule has 0 aliphatic rings. The van der Waals surface area contributed by atoms with E-state index in [4.69, 9.17) is 5.11 Å². The number of hydrogen-bond acceptors (Lipinski definition) is 1. The maximum atomic E-state index is 9.12. The average molecular weight is 125 g/mol. The highest BCUT2D eigenvalue weighted by Gasteiger charge is 2.08. The third-order valence-electron chi connectivity index (χ3n) is 0.771. The zero-order valence-electron chi connectivity index (χ0n) is 6.07. The Morgan fingerprint density at radius 2 is 2.00 bits per heavy atom. The molecule has 51 valence electrons. The molecule has 0 aliphatic carbocycles. The molecule has 1 nitrogen and oxygen atoms in total. The van der Waals surface area contributed by atoms with Crippen LogP contribution in [0.25, 0.3) is 0 Å². The van der Waals surface area contributed by atoms with Gasteiger partial charge in [0.1, 0.15) is 0 Å². The summed E-state index contributed by atoms with van der Waals surface area (Å²) in [7, 11) is 0. The van der Waals surface area contributed by atoms with Crippen molar-refractivity contribution < 1.29 is 5.11 Å². The van der Waals surface area contributed by atoms with Gasteiger partial charge in [-0.15, -0.1) is 11.8 Å². The summed E-state index contributed by atoms with van der Waals surface area (Å²) in [6.07, 6.45) is 1.15. The number of aliphatic hydroxyl groups is 1. The number of rotatable bonds is 1. The second kappa shape index (κ2) is 3.53. The van der Waals surface area contributed by atoms with Gasteiger partial charge >= 0.3 is 0 Å². The predicted molar refractivity (Wildman–Crippen MR) is 38.7 cm³/mol. The average Bonchev–Trinajstić information content (AvgIpc) is 1.63. The van der Waals surface area contributed by atoms with Crippen LogP contribution in [0.1, 0.15) is 26.7 Å². The Bertz CT molecular complexity index is 120.